The Labute approximate surface area is 145 Å². The van der Waals surface area contributed by atoms with Gasteiger partial charge in [-0.3, -0.25) is 4.79 Å². The van der Waals surface area contributed by atoms with Gasteiger partial charge in [0.1, 0.15) is 15.4 Å². The molecule has 0 atom stereocenters. The minimum Gasteiger partial charge on any atom is -0.397 e. The van der Waals surface area contributed by atoms with Crippen molar-refractivity contribution in [2.24, 2.45) is 0 Å². The highest BCUT2D eigenvalue weighted by atomic mass is 32.1. The van der Waals surface area contributed by atoms with Crippen LogP contribution in [0.2, 0.25) is 0 Å². The van der Waals surface area contributed by atoms with E-state index in [-0.39, 0.29) is 21.3 Å². The van der Waals surface area contributed by atoms with E-state index >= 15 is 0 Å². The maximum Gasteiger partial charge on any atom is 0.433 e. The Morgan fingerprint density at radius 1 is 1.24 bits per heavy atom. The molecular formula is C17H14F3N3OS. The first-order valence-corrected chi connectivity index (χ1v) is 8.11. The summed E-state index contributed by atoms with van der Waals surface area (Å²) in [6, 6.07) is 9.85. The molecule has 0 fully saturated rings. The number of rotatable bonds is 2. The smallest absolute Gasteiger partial charge is 0.397 e. The number of fused-ring (bicyclic) bond motifs is 1. The zero-order chi connectivity index (χ0) is 18.4. The molecule has 130 valence electrons. The van der Waals surface area contributed by atoms with Gasteiger partial charge in [-0.15, -0.1) is 11.3 Å². The van der Waals surface area contributed by atoms with Crippen molar-refractivity contribution in [1.82, 2.24) is 4.98 Å². The van der Waals surface area contributed by atoms with E-state index in [1.807, 2.05) is 6.07 Å². The second-order valence-electron chi connectivity index (χ2n) is 5.55. The Morgan fingerprint density at radius 3 is 2.48 bits per heavy atom. The Balaban J connectivity index is 2.10. The molecule has 2 aromatic heterocycles. The molecule has 0 saturated heterocycles. The summed E-state index contributed by atoms with van der Waals surface area (Å²) in [5, 5.41) is 0.391. The van der Waals surface area contributed by atoms with Gasteiger partial charge in [-0.25, -0.2) is 4.98 Å². The Bertz CT molecular complexity index is 951. The van der Waals surface area contributed by atoms with Gasteiger partial charge in [0.05, 0.1) is 5.69 Å². The number of thiophene rings is 1. The van der Waals surface area contributed by atoms with Crippen LogP contribution in [-0.2, 0) is 6.18 Å². The van der Waals surface area contributed by atoms with Gasteiger partial charge in [0.15, 0.2) is 0 Å². The summed E-state index contributed by atoms with van der Waals surface area (Å²) in [5.41, 5.74) is 6.22. The molecule has 4 nitrogen and oxygen atoms in total. The van der Waals surface area contributed by atoms with Crippen LogP contribution in [0.4, 0.5) is 24.5 Å². The van der Waals surface area contributed by atoms with Crippen molar-refractivity contribution in [2.75, 3.05) is 17.7 Å². The van der Waals surface area contributed by atoms with Gasteiger partial charge >= 0.3 is 6.18 Å². The molecule has 0 aliphatic heterocycles. The van der Waals surface area contributed by atoms with Gasteiger partial charge < -0.3 is 10.6 Å². The van der Waals surface area contributed by atoms with Gasteiger partial charge in [0.25, 0.3) is 5.91 Å². The third kappa shape index (κ3) is 3.05. The quantitative estimate of drug-likeness (QED) is 0.728. The molecule has 3 rings (SSSR count). The van der Waals surface area contributed by atoms with Crippen molar-refractivity contribution in [3.05, 3.63) is 52.5 Å². The summed E-state index contributed by atoms with van der Waals surface area (Å²) in [5.74, 6) is -0.389. The van der Waals surface area contributed by atoms with Gasteiger partial charge in [-0.05, 0) is 30.7 Å². The van der Waals surface area contributed by atoms with E-state index in [9.17, 15) is 18.0 Å². The lowest BCUT2D eigenvalue weighted by Crippen LogP contribution is -2.25. The van der Waals surface area contributed by atoms with E-state index < -0.39 is 11.9 Å². The number of amides is 1. The minimum absolute atomic E-state index is 0.106. The van der Waals surface area contributed by atoms with Gasteiger partial charge in [-0.2, -0.15) is 13.2 Å². The lowest BCUT2D eigenvalue weighted by atomic mass is 10.1. The number of nitrogens with two attached hydrogens (primary N) is 1. The molecule has 0 aliphatic carbocycles. The first-order valence-electron chi connectivity index (χ1n) is 7.30. The maximum atomic E-state index is 12.9. The van der Waals surface area contributed by atoms with Crippen LogP contribution in [0.5, 0.6) is 0 Å². The number of benzene rings is 1. The van der Waals surface area contributed by atoms with Crippen LogP contribution in [0.25, 0.3) is 10.2 Å². The number of halogens is 3. The number of para-hydroxylation sites is 1. The molecular weight excluding hydrogens is 351 g/mol. The molecule has 0 radical (unpaired) electrons. The molecule has 3 aromatic rings. The van der Waals surface area contributed by atoms with E-state index in [1.54, 1.807) is 31.3 Å². The van der Waals surface area contributed by atoms with Crippen molar-refractivity contribution in [3.8, 4) is 0 Å². The monoisotopic (exact) mass is 365 g/mol. The molecule has 1 aromatic carbocycles. The van der Waals surface area contributed by atoms with Crippen molar-refractivity contribution >= 4 is 38.8 Å². The Morgan fingerprint density at radius 2 is 1.88 bits per heavy atom. The number of hydrogen-bond acceptors (Lipinski definition) is 4. The zero-order valence-electron chi connectivity index (χ0n) is 13.4. The predicted molar refractivity (Wildman–Crippen MR) is 92.9 cm³/mol. The highest BCUT2D eigenvalue weighted by molar-refractivity contribution is 7.21. The van der Waals surface area contributed by atoms with E-state index in [1.165, 1.54) is 11.8 Å². The third-order valence-electron chi connectivity index (χ3n) is 3.83. The number of anilines is 2. The summed E-state index contributed by atoms with van der Waals surface area (Å²) in [6.07, 6.45) is -4.55. The SMILES string of the molecule is Cc1cc(C(F)(F)F)nc2sc(C(=O)N(C)c3ccccc3)c(N)c12. The van der Waals surface area contributed by atoms with Gasteiger partial charge in [-0.1, -0.05) is 18.2 Å². The number of hydrogen-bond donors (Lipinski definition) is 1. The molecule has 0 saturated carbocycles. The highest BCUT2D eigenvalue weighted by Crippen LogP contribution is 2.39. The van der Waals surface area contributed by atoms with Crippen LogP contribution in [0.15, 0.2) is 36.4 Å². The summed E-state index contributed by atoms with van der Waals surface area (Å²) >= 11 is 0.872. The number of aromatic nitrogens is 1. The lowest BCUT2D eigenvalue weighted by Gasteiger charge is -2.16. The summed E-state index contributed by atoms with van der Waals surface area (Å²) < 4.78 is 38.8. The van der Waals surface area contributed by atoms with Crippen molar-refractivity contribution < 1.29 is 18.0 Å². The molecule has 0 aliphatic rings. The average molecular weight is 365 g/mol. The van der Waals surface area contributed by atoms with Crippen LogP contribution in [0, 0.1) is 6.92 Å². The van der Waals surface area contributed by atoms with Crippen molar-refractivity contribution in [1.29, 1.82) is 0 Å². The number of nitrogen functional groups attached to an aromatic ring is 1. The van der Waals surface area contributed by atoms with Crippen LogP contribution in [0.3, 0.4) is 0 Å². The van der Waals surface area contributed by atoms with Crippen molar-refractivity contribution in [2.45, 2.75) is 13.1 Å². The summed E-state index contributed by atoms with van der Waals surface area (Å²) in [6.45, 7) is 1.53. The number of pyridine rings is 1. The van der Waals surface area contributed by atoms with Crippen LogP contribution in [0.1, 0.15) is 20.9 Å². The number of carbonyl (C=O) groups is 1. The molecule has 2 N–H and O–H groups in total. The van der Waals surface area contributed by atoms with Crippen LogP contribution < -0.4 is 10.6 Å². The molecule has 0 spiro atoms. The maximum absolute atomic E-state index is 12.9. The summed E-state index contributed by atoms with van der Waals surface area (Å²) in [4.78, 5) is 18.1. The number of nitrogens with zero attached hydrogens (tertiary/aromatic N) is 2. The standard InChI is InChI=1S/C17H14F3N3OS/c1-9-8-11(17(18,19)20)22-15-12(9)13(21)14(25-15)16(24)23(2)10-6-4-3-5-7-10/h3-8H,21H2,1-2H3. The topological polar surface area (TPSA) is 59.2 Å². The van der Waals surface area contributed by atoms with E-state index in [0.717, 1.165) is 17.4 Å². The summed E-state index contributed by atoms with van der Waals surface area (Å²) in [7, 11) is 1.59. The largest absolute Gasteiger partial charge is 0.433 e. The molecule has 2 heterocycles. The average Bonchev–Trinajstić information content (AvgIpc) is 2.91. The molecule has 0 unspecified atom stereocenters. The van der Waals surface area contributed by atoms with Crippen LogP contribution in [-0.4, -0.2) is 17.9 Å². The Hall–Kier alpha value is -2.61. The second kappa shape index (κ2) is 6.03. The molecule has 8 heteroatoms. The number of aryl methyl sites for hydroxylation is 1. The normalized spacial score (nSPS) is 11.7. The first kappa shape index (κ1) is 17.2. The van der Waals surface area contributed by atoms with E-state index in [4.69, 9.17) is 5.73 Å². The van der Waals surface area contributed by atoms with Gasteiger partial charge in [0.2, 0.25) is 0 Å². The fourth-order valence-electron chi connectivity index (χ4n) is 2.54. The van der Waals surface area contributed by atoms with E-state index in [2.05, 4.69) is 4.98 Å². The fourth-order valence-corrected chi connectivity index (χ4v) is 3.68. The second-order valence-corrected chi connectivity index (χ2v) is 6.55. The minimum atomic E-state index is -4.55. The van der Waals surface area contributed by atoms with Crippen LogP contribution >= 0.6 is 11.3 Å². The molecule has 1 amide bonds. The number of carbonyl (C=O) groups excluding carboxylic acids is 1. The number of alkyl halides is 3. The van der Waals surface area contributed by atoms with Crippen molar-refractivity contribution in [3.63, 3.8) is 0 Å². The molecule has 25 heavy (non-hydrogen) atoms. The van der Waals surface area contributed by atoms with Gasteiger partial charge in [0, 0.05) is 18.1 Å². The first-order chi connectivity index (χ1) is 11.7. The Kier molecular flexibility index (Phi) is 4.16. The fraction of sp³-hybridized carbons (Fsp3) is 0.176. The van der Waals surface area contributed by atoms with E-state index in [0.29, 0.717) is 16.6 Å². The predicted octanol–water partition coefficient (Wildman–Crippen LogP) is 4.48. The molecule has 0 bridgehead atoms. The highest BCUT2D eigenvalue weighted by Gasteiger charge is 2.34. The lowest BCUT2D eigenvalue weighted by molar-refractivity contribution is -0.141. The third-order valence-corrected chi connectivity index (χ3v) is 4.92. The zero-order valence-corrected chi connectivity index (χ0v) is 14.2.